The molecule has 0 radical (unpaired) electrons. The lowest BCUT2D eigenvalue weighted by Crippen LogP contribution is -2.30. The summed E-state index contributed by atoms with van der Waals surface area (Å²) in [6.07, 6.45) is 4.60. The van der Waals surface area contributed by atoms with Crippen molar-refractivity contribution in [3.63, 3.8) is 0 Å². The van der Waals surface area contributed by atoms with Gasteiger partial charge in [0, 0.05) is 18.0 Å². The van der Waals surface area contributed by atoms with E-state index in [9.17, 15) is 9.59 Å². The van der Waals surface area contributed by atoms with E-state index in [2.05, 4.69) is 5.32 Å². The molecule has 2 rings (SSSR count). The predicted molar refractivity (Wildman–Crippen MR) is 62.1 cm³/mol. The van der Waals surface area contributed by atoms with Gasteiger partial charge in [0.15, 0.2) is 5.78 Å². The van der Waals surface area contributed by atoms with Crippen LogP contribution in [0.25, 0.3) is 0 Å². The third-order valence-corrected chi connectivity index (χ3v) is 2.93. The Balaban J connectivity index is 1.90. The number of hydrogen-bond donors (Lipinski definition) is 2. The van der Waals surface area contributed by atoms with Gasteiger partial charge in [-0.1, -0.05) is 18.2 Å². The molecule has 2 N–H and O–H groups in total. The lowest BCUT2D eigenvalue weighted by Gasteiger charge is -2.19. The number of amides is 1. The van der Waals surface area contributed by atoms with Crippen LogP contribution >= 0.6 is 0 Å². The molecule has 1 aliphatic carbocycles. The number of hydrogen-bond acceptors (Lipinski definition) is 4. The van der Waals surface area contributed by atoms with Crippen LogP contribution in [-0.2, 0) is 14.3 Å². The molecular formula is C12H15NO5. The van der Waals surface area contributed by atoms with Gasteiger partial charge >= 0.3 is 6.09 Å². The average molecular weight is 253 g/mol. The summed E-state index contributed by atoms with van der Waals surface area (Å²) in [6, 6.07) is 0. The number of Topliss-reactive ketones (excluding diaryl/α,β-unsaturated/α-hetero) is 1. The molecule has 0 bridgehead atoms. The van der Waals surface area contributed by atoms with Gasteiger partial charge in [-0.2, -0.15) is 0 Å². The van der Waals surface area contributed by atoms with Gasteiger partial charge < -0.3 is 19.9 Å². The van der Waals surface area contributed by atoms with Crippen LogP contribution in [0.1, 0.15) is 6.42 Å². The maximum absolute atomic E-state index is 12.1. The van der Waals surface area contributed by atoms with Gasteiger partial charge in [0.25, 0.3) is 0 Å². The van der Waals surface area contributed by atoms with E-state index in [0.717, 1.165) is 0 Å². The zero-order chi connectivity index (χ0) is 13.0. The Morgan fingerprint density at radius 2 is 2.39 bits per heavy atom. The van der Waals surface area contributed by atoms with E-state index in [4.69, 9.17) is 14.6 Å². The Morgan fingerprint density at radius 3 is 3.06 bits per heavy atom. The van der Waals surface area contributed by atoms with Gasteiger partial charge in [0.1, 0.15) is 6.79 Å². The van der Waals surface area contributed by atoms with Crippen LogP contribution in [0.5, 0.6) is 0 Å². The largest absolute Gasteiger partial charge is 0.465 e. The third-order valence-electron chi connectivity index (χ3n) is 2.93. The highest BCUT2D eigenvalue weighted by atomic mass is 16.7. The second-order valence-corrected chi connectivity index (χ2v) is 4.22. The van der Waals surface area contributed by atoms with Crippen LogP contribution in [0.3, 0.4) is 0 Å². The molecule has 0 saturated carbocycles. The Labute approximate surface area is 104 Å². The van der Waals surface area contributed by atoms with E-state index in [-0.39, 0.29) is 31.1 Å². The number of ether oxygens (including phenoxy) is 2. The van der Waals surface area contributed by atoms with Gasteiger partial charge in [-0.05, 0) is 6.42 Å². The zero-order valence-corrected chi connectivity index (χ0v) is 9.80. The molecule has 1 saturated heterocycles. The molecule has 2 unspecified atom stereocenters. The Kier molecular flexibility index (Phi) is 4.11. The molecule has 2 atom stereocenters. The van der Waals surface area contributed by atoms with Crippen molar-refractivity contribution in [1.29, 1.82) is 0 Å². The zero-order valence-electron chi connectivity index (χ0n) is 9.80. The highest BCUT2D eigenvalue weighted by molar-refractivity contribution is 6.00. The normalized spacial score (nSPS) is 27.1. The van der Waals surface area contributed by atoms with Crippen molar-refractivity contribution in [2.24, 2.45) is 5.92 Å². The minimum Gasteiger partial charge on any atom is -0.465 e. The number of carboxylic acid groups (broad SMARTS) is 1. The first-order valence-corrected chi connectivity index (χ1v) is 5.74. The summed E-state index contributed by atoms with van der Waals surface area (Å²) in [5, 5.41) is 10.7. The van der Waals surface area contributed by atoms with Crippen LogP contribution in [0.2, 0.25) is 0 Å². The predicted octanol–water partition coefficient (Wildman–Crippen LogP) is 0.698. The molecule has 0 spiro atoms. The first kappa shape index (κ1) is 12.8. The molecular weight excluding hydrogens is 238 g/mol. The van der Waals surface area contributed by atoms with Crippen molar-refractivity contribution in [3.8, 4) is 0 Å². The van der Waals surface area contributed by atoms with Gasteiger partial charge in [0.05, 0.1) is 12.7 Å². The molecule has 6 nitrogen and oxygen atoms in total. The molecule has 6 heteroatoms. The van der Waals surface area contributed by atoms with Crippen LogP contribution in [-0.4, -0.2) is 43.0 Å². The highest BCUT2D eigenvalue weighted by Crippen LogP contribution is 2.22. The fourth-order valence-electron chi connectivity index (χ4n) is 2.01. The molecule has 98 valence electrons. The summed E-state index contributed by atoms with van der Waals surface area (Å²) >= 11 is 0. The van der Waals surface area contributed by atoms with Crippen molar-refractivity contribution < 1.29 is 24.2 Å². The second kappa shape index (κ2) is 5.79. The highest BCUT2D eigenvalue weighted by Gasteiger charge is 2.27. The van der Waals surface area contributed by atoms with Crippen molar-refractivity contribution in [1.82, 2.24) is 5.32 Å². The first-order chi connectivity index (χ1) is 8.66. The number of allylic oxidation sites excluding steroid dienone is 3. The number of carbonyl (C=O) groups excluding carboxylic acids is 1. The monoisotopic (exact) mass is 253 g/mol. The number of rotatable bonds is 4. The SMILES string of the molecule is O=C(O)NCC1=CC=CC(CC2COCO2)C1=O. The third kappa shape index (κ3) is 3.18. The summed E-state index contributed by atoms with van der Waals surface area (Å²) in [5.41, 5.74) is 0.476. The summed E-state index contributed by atoms with van der Waals surface area (Å²) < 4.78 is 10.4. The first-order valence-electron chi connectivity index (χ1n) is 5.74. The molecule has 0 aromatic heterocycles. The van der Waals surface area contributed by atoms with E-state index >= 15 is 0 Å². The van der Waals surface area contributed by atoms with Gasteiger partial charge in [-0.3, -0.25) is 4.79 Å². The summed E-state index contributed by atoms with van der Waals surface area (Å²) in [5.74, 6) is -0.311. The molecule has 18 heavy (non-hydrogen) atoms. The Hall–Kier alpha value is -1.66. The number of carbonyl (C=O) groups is 2. The van der Waals surface area contributed by atoms with Crippen molar-refractivity contribution in [2.75, 3.05) is 19.9 Å². The van der Waals surface area contributed by atoms with Crippen LogP contribution in [0.15, 0.2) is 23.8 Å². The quantitative estimate of drug-likeness (QED) is 0.770. The summed E-state index contributed by atoms with van der Waals surface area (Å²) in [6.45, 7) is 0.819. The van der Waals surface area contributed by atoms with Crippen molar-refractivity contribution >= 4 is 11.9 Å². The van der Waals surface area contributed by atoms with E-state index in [1.54, 1.807) is 12.2 Å². The molecule has 2 aliphatic rings. The number of nitrogens with one attached hydrogen (secondary N) is 1. The summed E-state index contributed by atoms with van der Waals surface area (Å²) in [4.78, 5) is 22.5. The topological polar surface area (TPSA) is 84.9 Å². The van der Waals surface area contributed by atoms with E-state index in [0.29, 0.717) is 18.6 Å². The standard InChI is InChI=1S/C12H15NO5/c14-11-8(4-10-6-17-7-18-10)2-1-3-9(11)5-13-12(15)16/h1-3,8,10,13H,4-7H2,(H,15,16). The fraction of sp³-hybridized carbons (Fsp3) is 0.500. The Bertz CT molecular complexity index is 395. The minimum absolute atomic E-state index is 0.0387. The number of ketones is 1. The van der Waals surface area contributed by atoms with Gasteiger partial charge in [0.2, 0.25) is 0 Å². The van der Waals surface area contributed by atoms with E-state index in [1.165, 1.54) is 0 Å². The van der Waals surface area contributed by atoms with Crippen molar-refractivity contribution in [2.45, 2.75) is 12.5 Å². The molecule has 1 aliphatic heterocycles. The maximum Gasteiger partial charge on any atom is 0.404 e. The van der Waals surface area contributed by atoms with E-state index < -0.39 is 6.09 Å². The van der Waals surface area contributed by atoms with Crippen LogP contribution in [0, 0.1) is 5.92 Å². The smallest absolute Gasteiger partial charge is 0.404 e. The molecule has 1 amide bonds. The lowest BCUT2D eigenvalue weighted by atomic mass is 9.88. The average Bonchev–Trinajstić information content (AvgIpc) is 2.83. The molecule has 1 heterocycles. The van der Waals surface area contributed by atoms with Gasteiger partial charge in [-0.15, -0.1) is 0 Å². The van der Waals surface area contributed by atoms with Crippen LogP contribution in [0.4, 0.5) is 4.79 Å². The summed E-state index contributed by atoms with van der Waals surface area (Å²) in [7, 11) is 0. The maximum atomic E-state index is 12.1. The van der Waals surface area contributed by atoms with E-state index in [1.807, 2.05) is 6.08 Å². The van der Waals surface area contributed by atoms with Crippen molar-refractivity contribution in [3.05, 3.63) is 23.8 Å². The lowest BCUT2D eigenvalue weighted by molar-refractivity contribution is -0.118. The Morgan fingerprint density at radius 1 is 1.56 bits per heavy atom. The second-order valence-electron chi connectivity index (χ2n) is 4.22. The minimum atomic E-state index is -1.14. The fourth-order valence-corrected chi connectivity index (χ4v) is 2.01. The molecule has 0 aromatic carbocycles. The van der Waals surface area contributed by atoms with Gasteiger partial charge in [-0.25, -0.2) is 4.79 Å². The molecule has 1 fully saturated rings. The molecule has 0 aromatic rings. The van der Waals surface area contributed by atoms with Crippen LogP contribution < -0.4 is 5.32 Å².